The highest BCUT2D eigenvalue weighted by atomic mass is 127. The first-order valence-corrected chi connectivity index (χ1v) is 9.33. The fraction of sp³-hybridized carbons (Fsp3) is 0.650. The highest BCUT2D eigenvalue weighted by molar-refractivity contribution is 14.0. The molecule has 0 saturated carbocycles. The summed E-state index contributed by atoms with van der Waals surface area (Å²) in [6, 6.07) is 9.60. The van der Waals surface area contributed by atoms with Crippen LogP contribution in [0.25, 0.3) is 0 Å². The van der Waals surface area contributed by atoms with Crippen molar-refractivity contribution in [2.24, 2.45) is 4.99 Å². The molecule has 150 valence electrons. The van der Waals surface area contributed by atoms with Crippen LogP contribution in [0.2, 0.25) is 0 Å². The third kappa shape index (κ3) is 9.73. The van der Waals surface area contributed by atoms with Crippen molar-refractivity contribution in [1.82, 2.24) is 15.5 Å². The zero-order chi connectivity index (χ0) is 18.7. The molecule has 1 aromatic carbocycles. The van der Waals surface area contributed by atoms with Gasteiger partial charge in [0.15, 0.2) is 5.96 Å². The minimum absolute atomic E-state index is 0. The van der Waals surface area contributed by atoms with E-state index in [0.29, 0.717) is 18.7 Å². The number of hydrogen-bond donors (Lipinski definition) is 2. The minimum Gasteiger partial charge on any atom is -0.377 e. The molecule has 0 aliphatic carbocycles. The Balaban J connectivity index is 0.00000625. The van der Waals surface area contributed by atoms with Gasteiger partial charge < -0.3 is 15.4 Å². The number of nitrogens with zero attached hydrogens (tertiary/aromatic N) is 2. The van der Waals surface area contributed by atoms with Crippen molar-refractivity contribution in [2.75, 3.05) is 26.7 Å². The van der Waals surface area contributed by atoms with Crippen molar-refractivity contribution in [3.8, 4) is 0 Å². The van der Waals surface area contributed by atoms with E-state index in [2.05, 4.69) is 72.5 Å². The molecule has 0 fully saturated rings. The van der Waals surface area contributed by atoms with E-state index in [-0.39, 0.29) is 24.0 Å². The van der Waals surface area contributed by atoms with Gasteiger partial charge in [-0.1, -0.05) is 24.3 Å². The van der Waals surface area contributed by atoms with E-state index < -0.39 is 0 Å². The molecule has 0 aromatic heterocycles. The molecule has 26 heavy (non-hydrogen) atoms. The first-order valence-electron chi connectivity index (χ1n) is 9.33. The van der Waals surface area contributed by atoms with Crippen LogP contribution in [-0.4, -0.2) is 49.7 Å². The summed E-state index contributed by atoms with van der Waals surface area (Å²) in [5, 5.41) is 6.77. The molecule has 0 unspecified atom stereocenters. The largest absolute Gasteiger partial charge is 0.377 e. The Morgan fingerprint density at radius 3 is 2.12 bits per heavy atom. The molecule has 0 heterocycles. The second kappa shape index (κ2) is 14.2. The summed E-state index contributed by atoms with van der Waals surface area (Å²) in [5.74, 6) is 0.839. The second-order valence-corrected chi connectivity index (χ2v) is 6.73. The lowest BCUT2D eigenvalue weighted by Crippen LogP contribution is -2.45. The number of rotatable bonds is 10. The molecule has 0 atom stereocenters. The number of guanidine groups is 1. The molecule has 0 bridgehead atoms. The number of hydrogen-bond acceptors (Lipinski definition) is 3. The lowest BCUT2D eigenvalue weighted by Gasteiger charge is -2.30. The maximum absolute atomic E-state index is 5.42. The van der Waals surface area contributed by atoms with Crippen LogP contribution in [0.15, 0.2) is 29.3 Å². The average molecular weight is 476 g/mol. The zero-order valence-electron chi connectivity index (χ0n) is 17.2. The smallest absolute Gasteiger partial charge is 0.191 e. The van der Waals surface area contributed by atoms with E-state index in [9.17, 15) is 0 Å². The van der Waals surface area contributed by atoms with Crippen LogP contribution in [0.5, 0.6) is 0 Å². The molecule has 1 aromatic rings. The van der Waals surface area contributed by atoms with Gasteiger partial charge in [0, 0.05) is 45.4 Å². The van der Waals surface area contributed by atoms with Crippen LogP contribution in [0, 0.1) is 0 Å². The van der Waals surface area contributed by atoms with E-state index in [0.717, 1.165) is 32.2 Å². The van der Waals surface area contributed by atoms with Crippen LogP contribution in [0.1, 0.15) is 45.7 Å². The second-order valence-electron chi connectivity index (χ2n) is 6.73. The fourth-order valence-electron chi connectivity index (χ4n) is 2.80. The van der Waals surface area contributed by atoms with Gasteiger partial charge in [0.25, 0.3) is 0 Å². The first-order chi connectivity index (χ1) is 12.0. The quantitative estimate of drug-likeness (QED) is 0.308. The van der Waals surface area contributed by atoms with Crippen molar-refractivity contribution in [3.05, 3.63) is 35.4 Å². The Morgan fingerprint density at radius 2 is 1.62 bits per heavy atom. The van der Waals surface area contributed by atoms with Gasteiger partial charge >= 0.3 is 0 Å². The van der Waals surface area contributed by atoms with Crippen molar-refractivity contribution >= 4 is 29.9 Å². The van der Waals surface area contributed by atoms with Gasteiger partial charge in [-0.25, -0.2) is 0 Å². The SMILES string of the molecule is CCOCc1ccc(CNC(=NC)NCCN(C(C)C)C(C)C)cc1.I. The summed E-state index contributed by atoms with van der Waals surface area (Å²) in [6.45, 7) is 15.0. The summed E-state index contributed by atoms with van der Waals surface area (Å²) < 4.78 is 5.42. The third-order valence-electron chi connectivity index (χ3n) is 4.17. The molecule has 0 aliphatic rings. The number of aliphatic imine (C=N–C) groups is 1. The van der Waals surface area contributed by atoms with E-state index in [1.165, 1.54) is 11.1 Å². The third-order valence-corrected chi connectivity index (χ3v) is 4.17. The zero-order valence-corrected chi connectivity index (χ0v) is 19.5. The van der Waals surface area contributed by atoms with Crippen LogP contribution < -0.4 is 10.6 Å². The topological polar surface area (TPSA) is 48.9 Å². The van der Waals surface area contributed by atoms with Crippen molar-refractivity contribution in [1.29, 1.82) is 0 Å². The van der Waals surface area contributed by atoms with Gasteiger partial charge in [0.05, 0.1) is 6.61 Å². The highest BCUT2D eigenvalue weighted by Gasteiger charge is 2.12. The molecule has 0 saturated heterocycles. The van der Waals surface area contributed by atoms with Gasteiger partial charge in [-0.15, -0.1) is 24.0 Å². The van der Waals surface area contributed by atoms with Crippen LogP contribution >= 0.6 is 24.0 Å². The Labute approximate surface area is 177 Å². The number of benzene rings is 1. The minimum atomic E-state index is 0. The Kier molecular flexibility index (Phi) is 13.8. The Morgan fingerprint density at radius 1 is 1.04 bits per heavy atom. The maximum atomic E-state index is 5.42. The number of nitrogens with one attached hydrogen (secondary N) is 2. The molecular weight excluding hydrogens is 439 g/mol. The van der Waals surface area contributed by atoms with Gasteiger partial charge in [-0.05, 0) is 45.7 Å². The van der Waals surface area contributed by atoms with Gasteiger partial charge in [-0.2, -0.15) is 0 Å². The standard InChI is InChI=1S/C20H36N4O.HI/c1-7-25-15-19-10-8-18(9-11-19)14-23-20(21-6)22-12-13-24(16(2)3)17(4)5;/h8-11,16-17H,7,12-15H2,1-6H3,(H2,21,22,23);1H. The number of halogens is 1. The summed E-state index contributed by atoms with van der Waals surface area (Å²) in [7, 11) is 1.81. The van der Waals surface area contributed by atoms with E-state index in [1.807, 2.05) is 14.0 Å². The normalized spacial score (nSPS) is 11.8. The fourth-order valence-corrected chi connectivity index (χ4v) is 2.80. The highest BCUT2D eigenvalue weighted by Crippen LogP contribution is 2.06. The average Bonchev–Trinajstić information content (AvgIpc) is 2.59. The first kappa shape index (κ1) is 25.1. The van der Waals surface area contributed by atoms with Crippen LogP contribution in [-0.2, 0) is 17.9 Å². The van der Waals surface area contributed by atoms with Gasteiger partial charge in [0.2, 0.25) is 0 Å². The summed E-state index contributed by atoms with van der Waals surface area (Å²) >= 11 is 0. The predicted octanol–water partition coefficient (Wildman–Crippen LogP) is 3.62. The van der Waals surface area contributed by atoms with E-state index >= 15 is 0 Å². The molecule has 6 heteroatoms. The summed E-state index contributed by atoms with van der Waals surface area (Å²) in [5.41, 5.74) is 2.43. The summed E-state index contributed by atoms with van der Waals surface area (Å²) in [6.07, 6.45) is 0. The van der Waals surface area contributed by atoms with E-state index in [4.69, 9.17) is 4.74 Å². The summed E-state index contributed by atoms with van der Waals surface area (Å²) in [4.78, 5) is 6.77. The molecule has 0 radical (unpaired) electrons. The van der Waals surface area contributed by atoms with E-state index in [1.54, 1.807) is 0 Å². The van der Waals surface area contributed by atoms with Crippen molar-refractivity contribution in [3.63, 3.8) is 0 Å². The molecule has 0 amide bonds. The van der Waals surface area contributed by atoms with Crippen molar-refractivity contribution in [2.45, 2.75) is 59.9 Å². The Bertz CT molecular complexity index is 495. The van der Waals surface area contributed by atoms with Crippen LogP contribution in [0.4, 0.5) is 0 Å². The monoisotopic (exact) mass is 476 g/mol. The van der Waals surface area contributed by atoms with Gasteiger partial charge in [-0.3, -0.25) is 9.89 Å². The molecule has 0 aliphatic heterocycles. The van der Waals surface area contributed by atoms with Crippen LogP contribution in [0.3, 0.4) is 0 Å². The van der Waals surface area contributed by atoms with Crippen molar-refractivity contribution < 1.29 is 4.74 Å². The molecular formula is C20H37IN4O. The Hall–Kier alpha value is -0.860. The molecule has 0 spiro atoms. The predicted molar refractivity (Wildman–Crippen MR) is 122 cm³/mol. The lowest BCUT2D eigenvalue weighted by atomic mass is 10.1. The lowest BCUT2D eigenvalue weighted by molar-refractivity contribution is 0.134. The molecule has 5 nitrogen and oxygen atoms in total. The maximum Gasteiger partial charge on any atom is 0.191 e. The molecule has 1 rings (SSSR count). The number of ether oxygens (including phenoxy) is 1. The van der Waals surface area contributed by atoms with Gasteiger partial charge in [0.1, 0.15) is 0 Å². The molecule has 2 N–H and O–H groups in total.